The van der Waals surface area contributed by atoms with Gasteiger partial charge in [-0.15, -0.1) is 0 Å². The molecule has 2 saturated carbocycles. The van der Waals surface area contributed by atoms with E-state index in [-0.39, 0.29) is 30.0 Å². The maximum Gasteiger partial charge on any atom is 0.457 e. The number of nitrogens with zero attached hydrogens (tertiary/aromatic N) is 2. The first kappa shape index (κ1) is 29.0. The smallest absolute Gasteiger partial charge is 0.372 e. The lowest BCUT2D eigenvalue weighted by Gasteiger charge is -2.54. The number of Topliss-reactive ketones (excluding diaryl/α,β-unsaturated/α-hetero) is 1. The summed E-state index contributed by atoms with van der Waals surface area (Å²) in [5.74, 6) is 3.58. The van der Waals surface area contributed by atoms with Gasteiger partial charge in [0.15, 0.2) is 5.78 Å². The summed E-state index contributed by atoms with van der Waals surface area (Å²) in [4.78, 5) is 16.1. The van der Waals surface area contributed by atoms with Gasteiger partial charge < -0.3 is 4.90 Å². The maximum atomic E-state index is 13.7. The molecule has 0 unspecified atom stereocenters. The Balaban J connectivity index is 1.53. The third kappa shape index (κ3) is 4.68. The minimum absolute atomic E-state index is 0.0913. The Morgan fingerprint density at radius 1 is 1.17 bits per heavy atom. The lowest BCUT2D eigenvalue weighted by Crippen LogP contribution is -2.51. The number of halogens is 4. The van der Waals surface area contributed by atoms with Gasteiger partial charge >= 0.3 is 6.18 Å². The molecule has 1 aromatic rings. The molecule has 4 aliphatic carbocycles. The van der Waals surface area contributed by atoms with Crippen LogP contribution in [0.3, 0.4) is 0 Å². The molecule has 0 bridgehead atoms. The number of benzene rings is 1. The van der Waals surface area contributed by atoms with Crippen molar-refractivity contribution in [1.29, 1.82) is 0 Å². The van der Waals surface area contributed by atoms with Gasteiger partial charge in [-0.25, -0.2) is 0 Å². The van der Waals surface area contributed by atoms with Crippen LogP contribution < -0.4 is 4.90 Å². The fraction of sp³-hybridized carbons (Fsp3) is 0.588. The maximum absolute atomic E-state index is 13.7. The van der Waals surface area contributed by atoms with Crippen molar-refractivity contribution in [2.45, 2.75) is 90.1 Å². The number of allylic oxidation sites excluding steroid dienone is 4. The third-order valence-corrected chi connectivity index (χ3v) is 11.0. The molecule has 4 nitrogen and oxygen atoms in total. The topological polar surface area (TPSA) is 41.9 Å². The van der Waals surface area contributed by atoms with Crippen molar-refractivity contribution in [3.8, 4) is 11.8 Å². The number of fused-ring (bicyclic) bond motifs is 4. The number of alkyl halides is 3. The lowest BCUT2D eigenvalue weighted by atomic mass is 9.48. The van der Waals surface area contributed by atoms with Gasteiger partial charge in [-0.1, -0.05) is 43.5 Å². The molecule has 0 amide bonds. The number of carbonyl (C=O) groups is 1. The molecule has 5 atom stereocenters. The van der Waals surface area contributed by atoms with Crippen molar-refractivity contribution in [2.24, 2.45) is 27.8 Å². The van der Waals surface area contributed by atoms with Gasteiger partial charge in [0.25, 0.3) is 0 Å². The molecule has 8 heteroatoms. The average molecular weight is 583 g/mol. The summed E-state index contributed by atoms with van der Waals surface area (Å²) in [6.07, 6.45) is 4.43. The Bertz CT molecular complexity index is 1390. The van der Waals surface area contributed by atoms with Crippen LogP contribution >= 0.6 is 0 Å². The molecule has 1 heterocycles. The van der Waals surface area contributed by atoms with Gasteiger partial charge in [0.1, 0.15) is 0 Å². The normalized spacial score (nSPS) is 33.4. The third-order valence-electron chi connectivity index (χ3n) is 11.0. The van der Waals surface area contributed by atoms with E-state index in [4.69, 9.17) is 0 Å². The number of hydrogen-bond donors (Lipinski definition) is 0. The van der Waals surface area contributed by atoms with Crippen LogP contribution in [-0.4, -0.2) is 30.8 Å². The fourth-order valence-corrected chi connectivity index (χ4v) is 9.18. The molecule has 0 aromatic heterocycles. The van der Waals surface area contributed by atoms with Crippen LogP contribution in [0.15, 0.2) is 52.2 Å². The highest BCUT2D eigenvalue weighted by molar-refractivity contribution is 6.05. The molecule has 1 aromatic carbocycles. The summed E-state index contributed by atoms with van der Waals surface area (Å²) in [5, 5.41) is 7.61. The Morgan fingerprint density at radius 3 is 2.57 bits per heavy atom. The minimum atomic E-state index is -4.69. The highest BCUT2D eigenvalue weighted by Crippen LogP contribution is 2.69. The summed E-state index contributed by atoms with van der Waals surface area (Å²) >= 11 is 0. The van der Waals surface area contributed by atoms with Crippen LogP contribution in [0.25, 0.3) is 0 Å². The number of anilines is 1. The summed E-state index contributed by atoms with van der Waals surface area (Å²) in [5.41, 5.74) is 4.03. The standard InChI is InChI=1S/C34H38F4N2O2/c1-3-30(41)33(16-17-34(35,36)37)15-14-28-26-20-29(39-42-38)24-8-4-5-9-25(24)31(26)27(21-32(28,33)2)22-10-12-23(13-11-22)40-18-6-7-19-40/h8,10-13,26-28H,3-7,9,14-15,18-21H2,1-2H3/t26-,27+,28-,32-,33-/m0/s1. The molecule has 1 aliphatic heterocycles. The van der Waals surface area contributed by atoms with E-state index < -0.39 is 17.0 Å². The predicted molar refractivity (Wildman–Crippen MR) is 154 cm³/mol. The van der Waals surface area contributed by atoms with Gasteiger partial charge in [-0.2, -0.15) is 18.2 Å². The Labute approximate surface area is 245 Å². The zero-order valence-electron chi connectivity index (χ0n) is 24.3. The second-order valence-corrected chi connectivity index (χ2v) is 12.9. The van der Waals surface area contributed by atoms with E-state index in [0.29, 0.717) is 31.4 Å². The largest absolute Gasteiger partial charge is 0.457 e. The average Bonchev–Trinajstić information content (AvgIpc) is 3.62. The molecule has 224 valence electrons. The lowest BCUT2D eigenvalue weighted by molar-refractivity contribution is -0.132. The van der Waals surface area contributed by atoms with E-state index in [9.17, 15) is 22.5 Å². The Hall–Kier alpha value is -3.08. The van der Waals surface area contributed by atoms with Crippen LogP contribution in [0.5, 0.6) is 0 Å². The van der Waals surface area contributed by atoms with Crippen molar-refractivity contribution in [3.63, 3.8) is 0 Å². The molecule has 1 saturated heterocycles. The first-order chi connectivity index (χ1) is 20.1. The highest BCUT2D eigenvalue weighted by Gasteiger charge is 2.65. The molecule has 5 aliphatic rings. The van der Waals surface area contributed by atoms with E-state index in [2.05, 4.69) is 51.4 Å². The Morgan fingerprint density at radius 2 is 1.90 bits per heavy atom. The minimum Gasteiger partial charge on any atom is -0.372 e. The van der Waals surface area contributed by atoms with Gasteiger partial charge in [-0.3, -0.25) is 4.79 Å². The van der Waals surface area contributed by atoms with Crippen LogP contribution in [0, 0.1) is 34.5 Å². The van der Waals surface area contributed by atoms with Gasteiger partial charge in [0.05, 0.1) is 11.1 Å². The first-order valence-electron chi connectivity index (χ1n) is 15.4. The molecule has 42 heavy (non-hydrogen) atoms. The number of hydrogen-bond acceptors (Lipinski definition) is 4. The van der Waals surface area contributed by atoms with E-state index >= 15 is 0 Å². The number of ketones is 1. The van der Waals surface area contributed by atoms with Crippen molar-refractivity contribution < 1.29 is 27.5 Å². The molecule has 3 fully saturated rings. The van der Waals surface area contributed by atoms with Gasteiger partial charge in [-0.05, 0) is 103 Å². The van der Waals surface area contributed by atoms with Crippen molar-refractivity contribution >= 4 is 17.2 Å². The molecule has 0 N–H and O–H groups in total. The second-order valence-electron chi connectivity index (χ2n) is 12.9. The van der Waals surface area contributed by atoms with Crippen molar-refractivity contribution in [2.75, 3.05) is 18.0 Å². The number of carbonyl (C=O) groups excluding carboxylic acids is 1. The first-order valence-corrected chi connectivity index (χ1v) is 15.4. The summed E-state index contributed by atoms with van der Waals surface area (Å²) in [6.45, 7) is 5.77. The zero-order valence-corrected chi connectivity index (χ0v) is 24.3. The quantitative estimate of drug-likeness (QED) is 0.199. The molecular weight excluding hydrogens is 544 g/mol. The molecular formula is C34H38F4N2O2. The van der Waals surface area contributed by atoms with Crippen LogP contribution in [-0.2, 0) is 9.84 Å². The Kier molecular flexibility index (Phi) is 7.52. The molecule has 0 radical (unpaired) electrons. The number of rotatable bonds is 5. The van der Waals surface area contributed by atoms with E-state index in [0.717, 1.165) is 43.5 Å². The van der Waals surface area contributed by atoms with Crippen molar-refractivity contribution in [3.05, 3.63) is 52.6 Å². The second kappa shape index (κ2) is 10.9. The SMILES string of the molecule is CCC(=O)[C@@]1(C#CC(F)(F)F)CC[C@H]2[C@@H]3CC(=NOF)C4=CCCCC4=C3[C@@H](c3ccc(N4CCCC4)cc3)C[C@@]21C. The van der Waals surface area contributed by atoms with Crippen LogP contribution in [0.2, 0.25) is 0 Å². The van der Waals surface area contributed by atoms with Crippen LogP contribution in [0.4, 0.5) is 23.4 Å². The number of oxime groups is 1. The van der Waals surface area contributed by atoms with E-state index in [1.807, 2.05) is 6.92 Å². The van der Waals surface area contributed by atoms with Crippen LogP contribution in [0.1, 0.15) is 89.5 Å². The predicted octanol–water partition coefficient (Wildman–Crippen LogP) is 8.41. The van der Waals surface area contributed by atoms with Crippen molar-refractivity contribution in [1.82, 2.24) is 0 Å². The van der Waals surface area contributed by atoms with E-state index in [1.54, 1.807) is 6.92 Å². The van der Waals surface area contributed by atoms with Gasteiger partial charge in [0, 0.05) is 48.0 Å². The monoisotopic (exact) mass is 582 g/mol. The zero-order chi connectivity index (χ0) is 29.7. The fourth-order valence-electron chi connectivity index (χ4n) is 9.18. The summed E-state index contributed by atoms with van der Waals surface area (Å²) < 4.78 is 53.8. The molecule has 0 spiro atoms. The molecule has 6 rings (SSSR count). The van der Waals surface area contributed by atoms with Gasteiger partial charge in [0.2, 0.25) is 0 Å². The highest BCUT2D eigenvalue weighted by atomic mass is 19.4. The summed E-state index contributed by atoms with van der Waals surface area (Å²) in [6, 6.07) is 8.63. The summed E-state index contributed by atoms with van der Waals surface area (Å²) in [7, 11) is 0. The van der Waals surface area contributed by atoms with E-state index in [1.165, 1.54) is 35.6 Å².